The Morgan fingerprint density at radius 3 is 2.48 bits per heavy atom. The minimum absolute atomic E-state index is 0.0747. The molecule has 0 spiro atoms. The van der Waals surface area contributed by atoms with E-state index < -0.39 is 9.84 Å². The van der Waals surface area contributed by atoms with Crippen LogP contribution in [-0.2, 0) is 22.1 Å². The van der Waals surface area contributed by atoms with Crippen LogP contribution < -0.4 is 10.1 Å². The van der Waals surface area contributed by atoms with Gasteiger partial charge < -0.3 is 15.0 Å². The molecule has 29 heavy (non-hydrogen) atoms. The molecule has 0 fully saturated rings. The Morgan fingerprint density at radius 1 is 1.10 bits per heavy atom. The van der Waals surface area contributed by atoms with E-state index >= 15 is 0 Å². The van der Waals surface area contributed by atoms with Crippen molar-refractivity contribution in [3.63, 3.8) is 0 Å². The molecule has 2 rings (SSSR count). The fourth-order valence-electron chi connectivity index (χ4n) is 3.00. The lowest BCUT2D eigenvalue weighted by Crippen LogP contribution is -2.38. The molecular weight excluding hydrogens is 386 g/mol. The van der Waals surface area contributed by atoms with Gasteiger partial charge in [0.25, 0.3) is 0 Å². The van der Waals surface area contributed by atoms with Crippen molar-refractivity contribution in [1.82, 2.24) is 10.2 Å². The van der Waals surface area contributed by atoms with Crippen molar-refractivity contribution in [2.75, 3.05) is 33.0 Å². The Labute approximate surface area is 174 Å². The van der Waals surface area contributed by atoms with E-state index in [-0.39, 0.29) is 11.5 Å². The first-order chi connectivity index (χ1) is 13.9. The number of para-hydroxylation sites is 1. The fraction of sp³-hybridized carbons (Fsp3) is 0.409. The summed E-state index contributed by atoms with van der Waals surface area (Å²) in [5.41, 5.74) is 1.88. The lowest BCUT2D eigenvalue weighted by Gasteiger charge is -2.23. The summed E-state index contributed by atoms with van der Waals surface area (Å²) in [5, 5.41) is 3.26. The van der Waals surface area contributed by atoms with Crippen LogP contribution in [0.5, 0.6) is 5.75 Å². The maximum absolute atomic E-state index is 12.3. The van der Waals surface area contributed by atoms with Crippen molar-refractivity contribution in [2.24, 2.45) is 4.99 Å². The Kier molecular flexibility index (Phi) is 8.99. The highest BCUT2D eigenvalue weighted by atomic mass is 32.2. The van der Waals surface area contributed by atoms with Crippen molar-refractivity contribution in [2.45, 2.75) is 25.6 Å². The normalized spacial score (nSPS) is 11.9. The summed E-state index contributed by atoms with van der Waals surface area (Å²) in [7, 11) is 0.477. The van der Waals surface area contributed by atoms with Gasteiger partial charge >= 0.3 is 0 Å². The van der Waals surface area contributed by atoms with Gasteiger partial charge in [-0.15, -0.1) is 0 Å². The third-order valence-electron chi connectivity index (χ3n) is 4.40. The second-order valence-electron chi connectivity index (χ2n) is 6.83. The first-order valence-electron chi connectivity index (χ1n) is 9.81. The third kappa shape index (κ3) is 7.77. The van der Waals surface area contributed by atoms with E-state index in [0.29, 0.717) is 19.5 Å². The van der Waals surface area contributed by atoms with E-state index in [1.54, 1.807) is 7.11 Å². The zero-order valence-corrected chi connectivity index (χ0v) is 18.3. The number of hydrogen-bond donors (Lipinski definition) is 1. The summed E-state index contributed by atoms with van der Waals surface area (Å²) < 4.78 is 30.1. The number of aliphatic imine (C=N–C) groups is 1. The Hall–Kier alpha value is -2.54. The summed E-state index contributed by atoms with van der Waals surface area (Å²) in [5.74, 6) is 1.79. The van der Waals surface area contributed by atoms with Crippen LogP contribution in [0.3, 0.4) is 0 Å². The molecule has 0 bridgehead atoms. The smallest absolute Gasteiger partial charge is 0.193 e. The van der Waals surface area contributed by atoms with Gasteiger partial charge in [0.05, 0.1) is 18.6 Å². The largest absolute Gasteiger partial charge is 0.496 e. The molecule has 2 aromatic rings. The molecule has 158 valence electrons. The number of nitrogens with one attached hydrogen (secondary N) is 1. The molecule has 0 atom stereocenters. The highest BCUT2D eigenvalue weighted by Crippen LogP contribution is 2.18. The zero-order valence-electron chi connectivity index (χ0n) is 17.5. The molecule has 0 heterocycles. The van der Waals surface area contributed by atoms with Crippen LogP contribution in [0.4, 0.5) is 0 Å². The number of rotatable bonds is 10. The summed E-state index contributed by atoms with van der Waals surface area (Å²) in [6.07, 6.45) is 0.493. The molecule has 7 heteroatoms. The third-order valence-corrected chi connectivity index (χ3v) is 6.08. The number of ether oxygens (including phenoxy) is 1. The van der Waals surface area contributed by atoms with Gasteiger partial charge in [-0.05, 0) is 25.0 Å². The molecule has 0 aliphatic rings. The summed E-state index contributed by atoms with van der Waals surface area (Å²) in [6.45, 7) is 3.84. The zero-order chi connectivity index (χ0) is 21.1. The predicted octanol–water partition coefficient (Wildman–Crippen LogP) is 3.10. The number of nitrogens with zero attached hydrogens (tertiary/aromatic N) is 2. The first kappa shape index (κ1) is 22.7. The molecule has 2 aromatic carbocycles. The Balaban J connectivity index is 1.92. The van der Waals surface area contributed by atoms with Crippen LogP contribution in [0, 0.1) is 0 Å². The topological polar surface area (TPSA) is 71.0 Å². The molecule has 0 aromatic heterocycles. The maximum atomic E-state index is 12.3. The molecule has 0 saturated carbocycles. The van der Waals surface area contributed by atoms with Crippen LogP contribution in [0.1, 0.15) is 24.5 Å². The van der Waals surface area contributed by atoms with Gasteiger partial charge in [-0.3, -0.25) is 4.99 Å². The molecule has 0 aliphatic carbocycles. The second kappa shape index (κ2) is 11.5. The van der Waals surface area contributed by atoms with E-state index in [0.717, 1.165) is 29.4 Å². The number of benzene rings is 2. The second-order valence-corrected chi connectivity index (χ2v) is 9.02. The van der Waals surface area contributed by atoms with E-state index in [4.69, 9.17) is 4.74 Å². The molecular formula is C22H31N3O3S. The monoisotopic (exact) mass is 417 g/mol. The standard InChI is InChI=1S/C22H31N3O3S/c1-4-23-22(25(2)17-20-13-8-9-14-21(20)28-3)24-15-10-16-29(26,27)18-19-11-6-5-7-12-19/h5-9,11-14H,4,10,15-18H2,1-3H3,(H,23,24). The van der Waals surface area contributed by atoms with E-state index in [2.05, 4.69) is 10.3 Å². The molecule has 0 radical (unpaired) electrons. The minimum Gasteiger partial charge on any atom is -0.496 e. The molecule has 6 nitrogen and oxygen atoms in total. The van der Waals surface area contributed by atoms with Crippen LogP contribution in [-0.4, -0.2) is 52.3 Å². The average Bonchev–Trinajstić information content (AvgIpc) is 2.71. The van der Waals surface area contributed by atoms with Gasteiger partial charge in [-0.2, -0.15) is 0 Å². The summed E-state index contributed by atoms with van der Waals surface area (Å²) in [6, 6.07) is 17.2. The van der Waals surface area contributed by atoms with Gasteiger partial charge in [-0.1, -0.05) is 48.5 Å². The van der Waals surface area contributed by atoms with Crippen LogP contribution in [0.15, 0.2) is 59.6 Å². The summed E-state index contributed by atoms with van der Waals surface area (Å²) >= 11 is 0. The van der Waals surface area contributed by atoms with Crippen LogP contribution >= 0.6 is 0 Å². The van der Waals surface area contributed by atoms with Crippen LogP contribution in [0.25, 0.3) is 0 Å². The van der Waals surface area contributed by atoms with Gasteiger partial charge in [0.15, 0.2) is 15.8 Å². The van der Waals surface area contributed by atoms with Crippen LogP contribution in [0.2, 0.25) is 0 Å². The lowest BCUT2D eigenvalue weighted by atomic mass is 10.2. The maximum Gasteiger partial charge on any atom is 0.193 e. The number of sulfone groups is 1. The first-order valence-corrected chi connectivity index (χ1v) is 11.6. The summed E-state index contributed by atoms with van der Waals surface area (Å²) in [4.78, 5) is 6.62. The number of guanidine groups is 1. The highest BCUT2D eigenvalue weighted by Gasteiger charge is 2.13. The molecule has 0 unspecified atom stereocenters. The fourth-order valence-corrected chi connectivity index (χ4v) is 4.42. The van der Waals surface area contributed by atoms with Crippen molar-refractivity contribution in [3.05, 3.63) is 65.7 Å². The average molecular weight is 418 g/mol. The quantitative estimate of drug-likeness (QED) is 0.365. The number of methoxy groups -OCH3 is 1. The molecule has 0 saturated heterocycles. The van der Waals surface area contributed by atoms with Gasteiger partial charge in [0, 0.05) is 32.2 Å². The molecule has 0 aliphatic heterocycles. The lowest BCUT2D eigenvalue weighted by molar-refractivity contribution is 0.396. The molecule has 0 amide bonds. The van der Waals surface area contributed by atoms with Crippen molar-refractivity contribution >= 4 is 15.8 Å². The predicted molar refractivity (Wildman–Crippen MR) is 119 cm³/mol. The van der Waals surface area contributed by atoms with Crippen molar-refractivity contribution in [1.29, 1.82) is 0 Å². The van der Waals surface area contributed by atoms with E-state index in [1.807, 2.05) is 73.5 Å². The van der Waals surface area contributed by atoms with E-state index in [9.17, 15) is 8.42 Å². The van der Waals surface area contributed by atoms with Crippen molar-refractivity contribution < 1.29 is 13.2 Å². The van der Waals surface area contributed by atoms with Crippen molar-refractivity contribution in [3.8, 4) is 5.75 Å². The van der Waals surface area contributed by atoms with Gasteiger partial charge in [0.2, 0.25) is 0 Å². The Bertz CT molecular complexity index is 883. The number of hydrogen-bond acceptors (Lipinski definition) is 4. The highest BCUT2D eigenvalue weighted by molar-refractivity contribution is 7.90. The van der Waals surface area contributed by atoms with E-state index in [1.165, 1.54) is 0 Å². The SMILES string of the molecule is CCNC(=NCCCS(=O)(=O)Cc1ccccc1)N(C)Cc1ccccc1OC. The Morgan fingerprint density at radius 2 is 1.79 bits per heavy atom. The minimum atomic E-state index is -3.14. The molecule has 1 N–H and O–H groups in total. The van der Waals surface area contributed by atoms with Gasteiger partial charge in [0.1, 0.15) is 5.75 Å². The van der Waals surface area contributed by atoms with Gasteiger partial charge in [-0.25, -0.2) is 8.42 Å².